The molecule has 0 radical (unpaired) electrons. The third kappa shape index (κ3) is 4.98. The summed E-state index contributed by atoms with van der Waals surface area (Å²) in [5.41, 5.74) is 0.352. The first-order chi connectivity index (χ1) is 6.08. The molecule has 0 aromatic rings. The van der Waals surface area contributed by atoms with Crippen LogP contribution < -0.4 is 0 Å². The molecule has 0 spiro atoms. The van der Waals surface area contributed by atoms with Gasteiger partial charge in [0.2, 0.25) is 0 Å². The molecule has 5 heteroatoms. The second kappa shape index (κ2) is 6.08. The summed E-state index contributed by atoms with van der Waals surface area (Å²) in [4.78, 5) is 10.3. The Bertz CT molecular complexity index is 224. The minimum atomic E-state index is -3.19. The van der Waals surface area contributed by atoms with Gasteiger partial charge < -0.3 is 9.05 Å². The fourth-order valence-electron chi connectivity index (χ4n) is 0.752. The summed E-state index contributed by atoms with van der Waals surface area (Å²) >= 11 is 0. The summed E-state index contributed by atoms with van der Waals surface area (Å²) in [6, 6.07) is 0. The maximum Gasteiger partial charge on any atom is 0.354 e. The van der Waals surface area contributed by atoms with Crippen LogP contribution in [0, 0.1) is 0 Å². The van der Waals surface area contributed by atoms with Crippen molar-refractivity contribution < 1.29 is 18.4 Å². The fourth-order valence-corrected chi connectivity index (χ4v) is 2.25. The van der Waals surface area contributed by atoms with Crippen LogP contribution in [0.15, 0.2) is 11.4 Å². The Labute approximate surface area is 78.5 Å². The van der Waals surface area contributed by atoms with Crippen LogP contribution in [0.1, 0.15) is 20.8 Å². The highest BCUT2D eigenvalue weighted by molar-refractivity contribution is 7.57. The molecule has 0 aliphatic carbocycles. The lowest BCUT2D eigenvalue weighted by Crippen LogP contribution is -1.94. The van der Waals surface area contributed by atoms with E-state index in [1.54, 1.807) is 20.8 Å². The van der Waals surface area contributed by atoms with Crippen molar-refractivity contribution in [2.24, 2.45) is 0 Å². The Morgan fingerprint density at radius 3 is 2.08 bits per heavy atom. The molecule has 76 valence electrons. The third-order valence-electron chi connectivity index (χ3n) is 1.17. The van der Waals surface area contributed by atoms with Gasteiger partial charge in [-0.1, -0.05) is 0 Å². The summed E-state index contributed by atoms with van der Waals surface area (Å²) in [6.07, 6.45) is 0.616. The largest absolute Gasteiger partial charge is 0.354 e. The first kappa shape index (κ1) is 12.6. The van der Waals surface area contributed by atoms with E-state index in [1.807, 2.05) is 0 Å². The standard InChI is InChI=1S/C8H15O4P/c1-4-11-13(10,12-5-2)7-8(3)6-9/h6-7H,4-5H2,1-3H3/b8-7-. The van der Waals surface area contributed by atoms with Crippen molar-refractivity contribution in [2.75, 3.05) is 13.2 Å². The molecule has 0 aromatic heterocycles. The van der Waals surface area contributed by atoms with E-state index in [1.165, 1.54) is 5.82 Å². The second-order valence-corrected chi connectivity index (χ2v) is 4.22. The maximum atomic E-state index is 11.7. The molecule has 0 fully saturated rings. The highest BCUT2D eigenvalue weighted by Crippen LogP contribution is 2.50. The van der Waals surface area contributed by atoms with Crippen LogP contribution in [0.25, 0.3) is 0 Å². The molecule has 13 heavy (non-hydrogen) atoms. The minimum absolute atomic E-state index is 0.292. The van der Waals surface area contributed by atoms with Gasteiger partial charge >= 0.3 is 7.60 Å². The SMILES string of the molecule is CCOP(=O)(/C=C(/C)C=O)OCC. The zero-order valence-corrected chi connectivity index (χ0v) is 9.04. The lowest BCUT2D eigenvalue weighted by molar-refractivity contribution is -0.104. The zero-order valence-electron chi connectivity index (χ0n) is 8.15. The topological polar surface area (TPSA) is 52.6 Å². The monoisotopic (exact) mass is 206 g/mol. The van der Waals surface area contributed by atoms with Gasteiger partial charge in [0.05, 0.1) is 13.2 Å². The molecule has 0 unspecified atom stereocenters. The van der Waals surface area contributed by atoms with Gasteiger partial charge in [-0.15, -0.1) is 0 Å². The summed E-state index contributed by atoms with van der Waals surface area (Å²) in [5, 5.41) is 0. The van der Waals surface area contributed by atoms with E-state index in [4.69, 9.17) is 9.05 Å². The summed E-state index contributed by atoms with van der Waals surface area (Å²) < 4.78 is 21.6. The van der Waals surface area contributed by atoms with Crippen molar-refractivity contribution in [2.45, 2.75) is 20.8 Å². The molecule has 0 saturated heterocycles. The Balaban J connectivity index is 4.58. The van der Waals surface area contributed by atoms with E-state index in [-0.39, 0.29) is 0 Å². The highest BCUT2D eigenvalue weighted by atomic mass is 31.2. The van der Waals surface area contributed by atoms with Crippen LogP contribution in [-0.4, -0.2) is 19.5 Å². The molecule has 0 rings (SSSR count). The molecule has 0 aliphatic rings. The number of aldehydes is 1. The molecule has 0 saturated carbocycles. The molecule has 0 aliphatic heterocycles. The van der Waals surface area contributed by atoms with Crippen molar-refractivity contribution in [3.63, 3.8) is 0 Å². The van der Waals surface area contributed by atoms with Crippen molar-refractivity contribution in [3.05, 3.63) is 11.4 Å². The summed E-state index contributed by atoms with van der Waals surface area (Å²) in [5.74, 6) is 1.24. The first-order valence-electron chi connectivity index (χ1n) is 4.11. The van der Waals surface area contributed by atoms with Crippen LogP contribution in [0.4, 0.5) is 0 Å². The van der Waals surface area contributed by atoms with Crippen LogP contribution in [0.2, 0.25) is 0 Å². The average molecular weight is 206 g/mol. The predicted molar refractivity (Wildman–Crippen MR) is 50.7 cm³/mol. The third-order valence-corrected chi connectivity index (χ3v) is 3.13. The van der Waals surface area contributed by atoms with Crippen LogP contribution in [-0.2, 0) is 18.4 Å². The Kier molecular flexibility index (Phi) is 5.88. The number of hydrogen-bond donors (Lipinski definition) is 0. The maximum absolute atomic E-state index is 11.7. The van der Waals surface area contributed by atoms with E-state index in [9.17, 15) is 9.36 Å². The van der Waals surface area contributed by atoms with Gasteiger partial charge in [-0.3, -0.25) is 9.36 Å². The highest BCUT2D eigenvalue weighted by Gasteiger charge is 2.19. The van der Waals surface area contributed by atoms with Crippen molar-refractivity contribution in [3.8, 4) is 0 Å². The Morgan fingerprint density at radius 1 is 1.31 bits per heavy atom. The minimum Gasteiger partial charge on any atom is -0.306 e. The van der Waals surface area contributed by atoms with Gasteiger partial charge in [-0.25, -0.2) is 0 Å². The molecular formula is C8H15O4P. The zero-order chi connectivity index (χ0) is 10.3. The molecule has 0 heterocycles. The van der Waals surface area contributed by atoms with Gasteiger partial charge in [0.25, 0.3) is 0 Å². The van der Waals surface area contributed by atoms with E-state index >= 15 is 0 Å². The molecular weight excluding hydrogens is 191 g/mol. The molecule has 0 amide bonds. The summed E-state index contributed by atoms with van der Waals surface area (Å²) in [7, 11) is -3.19. The van der Waals surface area contributed by atoms with Gasteiger partial charge in [0.1, 0.15) is 6.29 Å². The van der Waals surface area contributed by atoms with Crippen molar-refractivity contribution in [1.82, 2.24) is 0 Å². The van der Waals surface area contributed by atoms with E-state index in [0.717, 1.165) is 0 Å². The Morgan fingerprint density at radius 2 is 1.77 bits per heavy atom. The lowest BCUT2D eigenvalue weighted by atomic mass is 10.4. The van der Waals surface area contributed by atoms with Gasteiger partial charge in [0.15, 0.2) is 0 Å². The van der Waals surface area contributed by atoms with Crippen LogP contribution >= 0.6 is 7.60 Å². The smallest absolute Gasteiger partial charge is 0.306 e. The molecule has 4 nitrogen and oxygen atoms in total. The van der Waals surface area contributed by atoms with Crippen LogP contribution in [0.3, 0.4) is 0 Å². The normalized spacial score (nSPS) is 13.0. The average Bonchev–Trinajstić information content (AvgIpc) is 2.04. The first-order valence-corrected chi connectivity index (χ1v) is 5.72. The quantitative estimate of drug-likeness (QED) is 0.380. The molecule has 0 bridgehead atoms. The number of carbonyl (C=O) groups excluding carboxylic acids is 1. The van der Waals surface area contributed by atoms with Crippen molar-refractivity contribution in [1.29, 1.82) is 0 Å². The molecule has 0 aromatic carbocycles. The van der Waals surface area contributed by atoms with E-state index in [2.05, 4.69) is 0 Å². The van der Waals surface area contributed by atoms with E-state index < -0.39 is 7.60 Å². The molecule has 0 N–H and O–H groups in total. The summed E-state index contributed by atoms with van der Waals surface area (Å²) in [6.45, 7) is 5.57. The number of rotatable bonds is 6. The second-order valence-electron chi connectivity index (χ2n) is 2.37. The van der Waals surface area contributed by atoms with Crippen molar-refractivity contribution >= 4 is 13.9 Å². The lowest BCUT2D eigenvalue weighted by Gasteiger charge is -2.12. The molecule has 0 atom stereocenters. The van der Waals surface area contributed by atoms with Gasteiger partial charge in [-0.2, -0.15) is 0 Å². The number of carbonyl (C=O) groups is 1. The number of allylic oxidation sites excluding steroid dienone is 1. The Hall–Kier alpha value is -0.440. The number of hydrogen-bond acceptors (Lipinski definition) is 4. The van der Waals surface area contributed by atoms with Crippen LogP contribution in [0.5, 0.6) is 0 Å². The predicted octanol–water partition coefficient (Wildman–Crippen LogP) is 2.36. The fraction of sp³-hybridized carbons (Fsp3) is 0.625. The van der Waals surface area contributed by atoms with Gasteiger partial charge in [0, 0.05) is 5.82 Å². The van der Waals surface area contributed by atoms with Gasteiger partial charge in [-0.05, 0) is 26.3 Å². The van der Waals surface area contributed by atoms with E-state index in [0.29, 0.717) is 25.1 Å².